The maximum Gasteiger partial charge on any atom is 0.168 e. The molecule has 0 unspecified atom stereocenters. The van der Waals surface area contributed by atoms with Crippen molar-refractivity contribution in [3.05, 3.63) is 53.3 Å². The van der Waals surface area contributed by atoms with Gasteiger partial charge in [0.1, 0.15) is 5.75 Å². The van der Waals surface area contributed by atoms with Gasteiger partial charge in [-0.2, -0.15) is 0 Å². The molecule has 2 N–H and O–H groups in total. The summed E-state index contributed by atoms with van der Waals surface area (Å²) in [4.78, 5) is 0. The summed E-state index contributed by atoms with van der Waals surface area (Å²) in [6, 6.07) is 10.3. The van der Waals surface area contributed by atoms with Gasteiger partial charge in [-0.25, -0.2) is 4.39 Å². The van der Waals surface area contributed by atoms with Gasteiger partial charge in [0.05, 0.1) is 0 Å². The first-order valence-electron chi connectivity index (χ1n) is 5.37. The van der Waals surface area contributed by atoms with Gasteiger partial charge in [-0.15, -0.1) is 0 Å². The summed E-state index contributed by atoms with van der Waals surface area (Å²) in [6.45, 7) is 3.59. The molecule has 0 aliphatic carbocycles. The van der Waals surface area contributed by atoms with Crippen LogP contribution in [0, 0.1) is 19.7 Å². The van der Waals surface area contributed by atoms with E-state index >= 15 is 0 Å². The van der Waals surface area contributed by atoms with Crippen LogP contribution in [0.2, 0.25) is 0 Å². The summed E-state index contributed by atoms with van der Waals surface area (Å²) < 4.78 is 19.2. The van der Waals surface area contributed by atoms with E-state index < -0.39 is 0 Å². The lowest BCUT2D eigenvalue weighted by Gasteiger charge is -2.09. The van der Waals surface area contributed by atoms with Crippen LogP contribution in [-0.4, -0.2) is 0 Å². The van der Waals surface area contributed by atoms with Crippen molar-refractivity contribution in [2.24, 2.45) is 0 Å². The number of ether oxygens (including phenoxy) is 1. The van der Waals surface area contributed by atoms with Crippen molar-refractivity contribution < 1.29 is 9.13 Å². The highest BCUT2D eigenvalue weighted by Gasteiger charge is 2.07. The maximum atomic E-state index is 13.7. The number of aryl methyl sites for hydroxylation is 2. The van der Waals surface area contributed by atoms with Gasteiger partial charge in [0.2, 0.25) is 0 Å². The number of benzene rings is 2. The Morgan fingerprint density at radius 3 is 2.53 bits per heavy atom. The Bertz CT molecular complexity index is 552. The SMILES string of the molecule is Cc1cc(Oc2cccc(C)c2F)ccc1N. The Kier molecular flexibility index (Phi) is 3.00. The molecule has 0 aliphatic heterocycles. The van der Waals surface area contributed by atoms with Crippen molar-refractivity contribution in [3.8, 4) is 11.5 Å². The monoisotopic (exact) mass is 231 g/mol. The fourth-order valence-corrected chi connectivity index (χ4v) is 1.54. The third kappa shape index (κ3) is 2.38. The van der Waals surface area contributed by atoms with Gasteiger partial charge in [-0.05, 0) is 49.2 Å². The second-order valence-corrected chi connectivity index (χ2v) is 4.01. The van der Waals surface area contributed by atoms with Crippen LogP contribution in [0.4, 0.5) is 10.1 Å². The molecule has 0 amide bonds. The molecule has 0 heterocycles. The lowest BCUT2D eigenvalue weighted by atomic mass is 10.2. The third-order valence-electron chi connectivity index (χ3n) is 2.63. The van der Waals surface area contributed by atoms with Gasteiger partial charge < -0.3 is 10.5 Å². The summed E-state index contributed by atoms with van der Waals surface area (Å²) in [5.41, 5.74) is 7.88. The molecule has 17 heavy (non-hydrogen) atoms. The molecule has 0 fully saturated rings. The van der Waals surface area contributed by atoms with Crippen LogP contribution in [-0.2, 0) is 0 Å². The van der Waals surface area contributed by atoms with Crippen LogP contribution in [0.25, 0.3) is 0 Å². The smallest absolute Gasteiger partial charge is 0.168 e. The summed E-state index contributed by atoms with van der Waals surface area (Å²) in [7, 11) is 0. The minimum Gasteiger partial charge on any atom is -0.454 e. The van der Waals surface area contributed by atoms with Crippen LogP contribution < -0.4 is 10.5 Å². The molecule has 88 valence electrons. The van der Waals surface area contributed by atoms with Gasteiger partial charge in [0, 0.05) is 5.69 Å². The van der Waals surface area contributed by atoms with E-state index in [9.17, 15) is 4.39 Å². The minimum absolute atomic E-state index is 0.231. The summed E-state index contributed by atoms with van der Waals surface area (Å²) in [5.74, 6) is 0.484. The van der Waals surface area contributed by atoms with E-state index in [1.807, 2.05) is 6.92 Å². The lowest BCUT2D eigenvalue weighted by Crippen LogP contribution is -1.93. The van der Waals surface area contributed by atoms with Crippen molar-refractivity contribution in [2.45, 2.75) is 13.8 Å². The van der Waals surface area contributed by atoms with Gasteiger partial charge in [-0.1, -0.05) is 12.1 Å². The van der Waals surface area contributed by atoms with Crippen LogP contribution in [0.5, 0.6) is 11.5 Å². The molecule has 0 saturated carbocycles. The van der Waals surface area contributed by atoms with Gasteiger partial charge in [0.25, 0.3) is 0 Å². The Hall–Kier alpha value is -2.03. The number of rotatable bonds is 2. The largest absolute Gasteiger partial charge is 0.454 e. The standard InChI is InChI=1S/C14H14FNO/c1-9-4-3-5-13(14(9)15)17-11-6-7-12(16)10(2)8-11/h3-8H,16H2,1-2H3. The number of nitrogens with two attached hydrogens (primary N) is 1. The number of nitrogen functional groups attached to an aromatic ring is 1. The molecule has 0 atom stereocenters. The molecule has 0 aliphatic rings. The average Bonchev–Trinajstić information content (AvgIpc) is 2.30. The molecule has 0 radical (unpaired) electrons. The highest BCUT2D eigenvalue weighted by molar-refractivity contribution is 5.50. The fourth-order valence-electron chi connectivity index (χ4n) is 1.54. The molecule has 0 aromatic heterocycles. The molecule has 0 saturated heterocycles. The molecule has 2 aromatic rings. The summed E-state index contributed by atoms with van der Waals surface area (Å²) in [6.07, 6.45) is 0. The van der Waals surface area contributed by atoms with Gasteiger partial charge in [-0.3, -0.25) is 0 Å². The summed E-state index contributed by atoms with van der Waals surface area (Å²) >= 11 is 0. The minimum atomic E-state index is -0.332. The zero-order valence-electron chi connectivity index (χ0n) is 9.83. The normalized spacial score (nSPS) is 10.3. The topological polar surface area (TPSA) is 35.2 Å². The number of hydrogen-bond donors (Lipinski definition) is 1. The van der Waals surface area contributed by atoms with Gasteiger partial charge in [0.15, 0.2) is 11.6 Å². The Morgan fingerprint density at radius 2 is 1.82 bits per heavy atom. The number of halogens is 1. The Morgan fingerprint density at radius 1 is 1.06 bits per heavy atom. The highest BCUT2D eigenvalue weighted by Crippen LogP contribution is 2.27. The Labute approximate surface area is 99.8 Å². The van der Waals surface area contributed by atoms with Crippen molar-refractivity contribution in [3.63, 3.8) is 0 Å². The van der Waals surface area contributed by atoms with Crippen molar-refractivity contribution in [1.29, 1.82) is 0 Å². The van der Waals surface area contributed by atoms with E-state index in [2.05, 4.69) is 0 Å². The van der Waals surface area contributed by atoms with E-state index in [1.54, 1.807) is 43.3 Å². The summed E-state index contributed by atoms with van der Waals surface area (Å²) in [5, 5.41) is 0. The van der Waals surface area contributed by atoms with E-state index in [0.717, 1.165) is 5.56 Å². The second kappa shape index (κ2) is 4.45. The molecule has 0 spiro atoms. The molecule has 0 bridgehead atoms. The van der Waals surface area contributed by atoms with Crippen LogP contribution >= 0.6 is 0 Å². The number of hydrogen-bond acceptors (Lipinski definition) is 2. The lowest BCUT2D eigenvalue weighted by molar-refractivity contribution is 0.440. The number of anilines is 1. The zero-order chi connectivity index (χ0) is 12.4. The molecule has 3 heteroatoms. The van der Waals surface area contributed by atoms with E-state index in [1.165, 1.54) is 0 Å². The van der Waals surface area contributed by atoms with Crippen molar-refractivity contribution in [2.75, 3.05) is 5.73 Å². The first-order valence-corrected chi connectivity index (χ1v) is 5.37. The highest BCUT2D eigenvalue weighted by atomic mass is 19.1. The van der Waals surface area contributed by atoms with Crippen molar-refractivity contribution in [1.82, 2.24) is 0 Å². The molecule has 2 rings (SSSR count). The quantitative estimate of drug-likeness (QED) is 0.797. The van der Waals surface area contributed by atoms with E-state index in [0.29, 0.717) is 17.0 Å². The predicted octanol–water partition coefficient (Wildman–Crippen LogP) is 3.82. The van der Waals surface area contributed by atoms with E-state index in [-0.39, 0.29) is 11.6 Å². The predicted molar refractivity (Wildman–Crippen MR) is 66.8 cm³/mol. The maximum absolute atomic E-state index is 13.7. The first kappa shape index (κ1) is 11.5. The first-order chi connectivity index (χ1) is 8.08. The molecule has 2 nitrogen and oxygen atoms in total. The molecular weight excluding hydrogens is 217 g/mol. The fraction of sp³-hybridized carbons (Fsp3) is 0.143. The van der Waals surface area contributed by atoms with E-state index in [4.69, 9.17) is 10.5 Å². The van der Waals surface area contributed by atoms with Gasteiger partial charge >= 0.3 is 0 Å². The van der Waals surface area contributed by atoms with Crippen molar-refractivity contribution >= 4 is 5.69 Å². The van der Waals surface area contributed by atoms with Crippen LogP contribution in [0.15, 0.2) is 36.4 Å². The average molecular weight is 231 g/mol. The molecular formula is C14H14FNO. The van der Waals surface area contributed by atoms with Crippen LogP contribution in [0.1, 0.15) is 11.1 Å². The Balaban J connectivity index is 2.31. The zero-order valence-corrected chi connectivity index (χ0v) is 9.83. The third-order valence-corrected chi connectivity index (χ3v) is 2.63. The van der Waals surface area contributed by atoms with Crippen LogP contribution in [0.3, 0.4) is 0 Å². The molecule has 2 aromatic carbocycles. The second-order valence-electron chi connectivity index (χ2n) is 4.01.